The molecule has 1 atom stereocenters. The van der Waals surface area contributed by atoms with Gasteiger partial charge in [-0.1, -0.05) is 90.0 Å². The summed E-state index contributed by atoms with van der Waals surface area (Å²) in [6.45, 7) is 0.740. The minimum absolute atomic E-state index is 0. The second-order valence-electron chi connectivity index (χ2n) is 7.11. The van der Waals surface area contributed by atoms with Crippen LogP contribution in [0.15, 0.2) is 96.0 Å². The molecule has 34 heavy (non-hydrogen) atoms. The van der Waals surface area contributed by atoms with Gasteiger partial charge in [-0.25, -0.2) is 10.8 Å². The first-order chi connectivity index (χ1) is 16.0. The molecule has 1 aliphatic heterocycles. The molecule has 4 N–H and O–H groups in total. The van der Waals surface area contributed by atoms with E-state index in [2.05, 4.69) is 27.9 Å². The number of carbonyl (C=O) groups is 1. The SMILES string of the molecule is I.NNC1=NCC(c2ccccc2)N1.O=C(C=Cc1ccc(Cl)cc1)C=Cc1ccc(Cl)cc1. The topological polar surface area (TPSA) is 79.5 Å². The molecule has 0 spiro atoms. The molecule has 0 aromatic heterocycles. The number of aliphatic imine (C=N–C) groups is 1. The summed E-state index contributed by atoms with van der Waals surface area (Å²) in [5, 5.41) is 4.52. The summed E-state index contributed by atoms with van der Waals surface area (Å²) in [6, 6.07) is 25.0. The molecule has 1 unspecified atom stereocenters. The van der Waals surface area contributed by atoms with Crippen LogP contribution < -0.4 is 16.6 Å². The Morgan fingerprint density at radius 2 is 1.38 bits per heavy atom. The smallest absolute Gasteiger partial charge is 0.206 e. The predicted molar refractivity (Wildman–Crippen MR) is 153 cm³/mol. The van der Waals surface area contributed by atoms with Crippen molar-refractivity contribution in [3.63, 3.8) is 0 Å². The van der Waals surface area contributed by atoms with Crippen LogP contribution in [0.4, 0.5) is 0 Å². The van der Waals surface area contributed by atoms with Gasteiger partial charge in [0.1, 0.15) is 0 Å². The second-order valence-corrected chi connectivity index (χ2v) is 7.99. The van der Waals surface area contributed by atoms with E-state index in [4.69, 9.17) is 29.0 Å². The number of allylic oxidation sites excluding steroid dienone is 2. The summed E-state index contributed by atoms with van der Waals surface area (Å²) in [6.07, 6.45) is 6.56. The molecule has 5 nitrogen and oxygen atoms in total. The Kier molecular flexibility index (Phi) is 11.8. The molecular weight excluding hydrogens is 582 g/mol. The summed E-state index contributed by atoms with van der Waals surface area (Å²) in [4.78, 5) is 15.9. The first-order valence-corrected chi connectivity index (χ1v) is 11.0. The lowest BCUT2D eigenvalue weighted by atomic mass is 10.1. The van der Waals surface area contributed by atoms with Gasteiger partial charge >= 0.3 is 0 Å². The molecule has 0 saturated heterocycles. The molecule has 8 heteroatoms. The Bertz CT molecular complexity index is 1070. The van der Waals surface area contributed by atoms with Crippen LogP contribution in [0.1, 0.15) is 22.7 Å². The molecule has 0 bridgehead atoms. The van der Waals surface area contributed by atoms with Crippen LogP contribution in [0.3, 0.4) is 0 Å². The van der Waals surface area contributed by atoms with Crippen molar-refractivity contribution >= 4 is 71.1 Å². The lowest BCUT2D eigenvalue weighted by molar-refractivity contribution is -0.110. The molecule has 0 saturated carbocycles. The quantitative estimate of drug-likeness (QED) is 0.143. The van der Waals surface area contributed by atoms with Gasteiger partial charge in [-0.15, -0.1) is 24.0 Å². The van der Waals surface area contributed by atoms with E-state index in [9.17, 15) is 4.79 Å². The van der Waals surface area contributed by atoms with Crippen molar-refractivity contribution in [2.75, 3.05) is 6.54 Å². The van der Waals surface area contributed by atoms with Gasteiger partial charge in [-0.2, -0.15) is 0 Å². The Morgan fingerprint density at radius 1 is 0.882 bits per heavy atom. The van der Waals surface area contributed by atoms with E-state index < -0.39 is 0 Å². The number of nitrogens with one attached hydrogen (secondary N) is 2. The molecule has 176 valence electrons. The molecule has 1 heterocycles. The Labute approximate surface area is 226 Å². The zero-order chi connectivity index (χ0) is 23.5. The fourth-order valence-corrected chi connectivity index (χ4v) is 3.21. The van der Waals surface area contributed by atoms with E-state index in [1.54, 1.807) is 36.4 Å². The van der Waals surface area contributed by atoms with Gasteiger partial charge in [-0.3, -0.25) is 10.2 Å². The highest BCUT2D eigenvalue weighted by molar-refractivity contribution is 14.0. The molecule has 3 aromatic rings. The maximum absolute atomic E-state index is 11.7. The molecular formula is C26H25Cl2IN4O. The van der Waals surface area contributed by atoms with E-state index in [0.29, 0.717) is 16.0 Å². The highest BCUT2D eigenvalue weighted by Gasteiger charge is 2.17. The molecule has 4 rings (SSSR count). The number of benzene rings is 3. The zero-order valence-corrected chi connectivity index (χ0v) is 22.0. The van der Waals surface area contributed by atoms with Crippen molar-refractivity contribution in [2.45, 2.75) is 6.04 Å². The first kappa shape index (κ1) is 27.6. The van der Waals surface area contributed by atoms with Gasteiger partial charge in [0.2, 0.25) is 5.96 Å². The fourth-order valence-electron chi connectivity index (χ4n) is 2.96. The summed E-state index contributed by atoms with van der Waals surface area (Å²) in [7, 11) is 0. The van der Waals surface area contributed by atoms with Crippen LogP contribution in [0.2, 0.25) is 10.0 Å². The highest BCUT2D eigenvalue weighted by Crippen LogP contribution is 2.15. The van der Waals surface area contributed by atoms with Crippen molar-refractivity contribution in [3.8, 4) is 0 Å². The second kappa shape index (κ2) is 14.6. The van der Waals surface area contributed by atoms with Crippen LogP contribution in [-0.4, -0.2) is 18.3 Å². The summed E-state index contributed by atoms with van der Waals surface area (Å²) >= 11 is 11.6. The first-order valence-electron chi connectivity index (χ1n) is 10.3. The summed E-state index contributed by atoms with van der Waals surface area (Å²) in [5.74, 6) is 5.82. The number of nitrogens with two attached hydrogens (primary N) is 1. The van der Waals surface area contributed by atoms with Gasteiger partial charge in [0.25, 0.3) is 0 Å². The van der Waals surface area contributed by atoms with Crippen LogP contribution >= 0.6 is 47.2 Å². The van der Waals surface area contributed by atoms with E-state index in [1.807, 2.05) is 42.5 Å². The van der Waals surface area contributed by atoms with Crippen molar-refractivity contribution in [1.82, 2.24) is 10.7 Å². The lowest BCUT2D eigenvalue weighted by Gasteiger charge is -2.10. The predicted octanol–water partition coefficient (Wildman–Crippen LogP) is 6.06. The average molecular weight is 607 g/mol. The monoisotopic (exact) mass is 606 g/mol. The molecule has 1 aliphatic rings. The zero-order valence-electron chi connectivity index (χ0n) is 18.2. The van der Waals surface area contributed by atoms with Crippen molar-refractivity contribution in [3.05, 3.63) is 118 Å². The average Bonchev–Trinajstić information content (AvgIpc) is 3.34. The number of hydrogen-bond acceptors (Lipinski definition) is 5. The fraction of sp³-hybridized carbons (Fsp3) is 0.0769. The highest BCUT2D eigenvalue weighted by atomic mass is 127. The minimum atomic E-state index is -0.0742. The summed E-state index contributed by atoms with van der Waals surface area (Å²) < 4.78 is 0. The van der Waals surface area contributed by atoms with Crippen molar-refractivity contribution in [1.29, 1.82) is 0 Å². The number of nitrogens with zero attached hydrogens (tertiary/aromatic N) is 1. The number of hydrazine groups is 1. The molecule has 0 radical (unpaired) electrons. The Hall–Kier alpha value is -2.65. The number of guanidine groups is 1. The Morgan fingerprint density at radius 3 is 1.82 bits per heavy atom. The summed E-state index contributed by atoms with van der Waals surface area (Å²) in [5.41, 5.74) is 5.60. The number of halogens is 3. The maximum Gasteiger partial charge on any atom is 0.206 e. The van der Waals surface area contributed by atoms with Crippen LogP contribution in [0.5, 0.6) is 0 Å². The van der Waals surface area contributed by atoms with Gasteiger partial charge < -0.3 is 5.32 Å². The largest absolute Gasteiger partial charge is 0.347 e. The van der Waals surface area contributed by atoms with E-state index >= 15 is 0 Å². The van der Waals surface area contributed by atoms with Gasteiger partial charge in [0.15, 0.2) is 5.78 Å². The van der Waals surface area contributed by atoms with Gasteiger partial charge in [0, 0.05) is 10.0 Å². The molecule has 0 aliphatic carbocycles. The normalized spacial score (nSPS) is 14.6. The number of rotatable bonds is 5. The lowest BCUT2D eigenvalue weighted by Crippen LogP contribution is -2.39. The molecule has 0 fully saturated rings. The third kappa shape index (κ3) is 9.30. The molecule has 0 amide bonds. The van der Waals surface area contributed by atoms with E-state index in [0.717, 1.165) is 17.7 Å². The molecule has 3 aromatic carbocycles. The number of ketones is 1. The standard InChI is InChI=1S/C17H12Cl2O.C9H12N4.HI/c18-15-7-1-13(2-8-15)5-11-17(20)12-6-14-3-9-16(19)10-4-14;10-13-9-11-6-8(12-9)7-4-2-1-3-5-7;/h1-12H;1-5,8H,6,10H2,(H2,11,12,13);1H. The van der Waals surface area contributed by atoms with Gasteiger partial charge in [0.05, 0.1) is 12.6 Å². The van der Waals surface area contributed by atoms with Crippen LogP contribution in [0, 0.1) is 0 Å². The third-order valence-corrected chi connectivity index (χ3v) is 5.21. The van der Waals surface area contributed by atoms with Gasteiger partial charge in [-0.05, 0) is 53.1 Å². The van der Waals surface area contributed by atoms with Crippen LogP contribution in [-0.2, 0) is 4.79 Å². The van der Waals surface area contributed by atoms with Crippen LogP contribution in [0.25, 0.3) is 12.2 Å². The van der Waals surface area contributed by atoms with Crippen molar-refractivity contribution < 1.29 is 4.79 Å². The minimum Gasteiger partial charge on any atom is -0.347 e. The van der Waals surface area contributed by atoms with E-state index in [-0.39, 0.29) is 35.8 Å². The number of carbonyl (C=O) groups excluding carboxylic acids is 1. The van der Waals surface area contributed by atoms with Crippen molar-refractivity contribution in [2.24, 2.45) is 10.8 Å². The number of hydrogen-bond donors (Lipinski definition) is 3. The Balaban J connectivity index is 0.000000253. The maximum atomic E-state index is 11.7. The van der Waals surface area contributed by atoms with E-state index in [1.165, 1.54) is 17.7 Å². The third-order valence-electron chi connectivity index (χ3n) is 4.70.